The smallest absolute Gasteiger partial charge is 0.0176 e. The Labute approximate surface area is 119 Å². The lowest BCUT2D eigenvalue weighted by Gasteiger charge is -2.37. The van der Waals surface area contributed by atoms with Crippen LogP contribution in [0.15, 0.2) is 30.3 Å². The first-order valence-corrected chi connectivity index (χ1v) is 7.44. The Morgan fingerprint density at radius 2 is 1.89 bits per heavy atom. The SMILES string of the molecule is CCCC(C)N(C)CC(C)(CNC)c1ccccc1. The van der Waals surface area contributed by atoms with Crippen LogP contribution in [0.1, 0.15) is 39.2 Å². The van der Waals surface area contributed by atoms with Crippen molar-refractivity contribution in [3.8, 4) is 0 Å². The fourth-order valence-corrected chi connectivity index (χ4v) is 2.82. The Morgan fingerprint density at radius 1 is 1.26 bits per heavy atom. The van der Waals surface area contributed by atoms with Gasteiger partial charge < -0.3 is 10.2 Å². The molecule has 0 heterocycles. The van der Waals surface area contributed by atoms with E-state index in [1.54, 1.807) is 0 Å². The van der Waals surface area contributed by atoms with Gasteiger partial charge in [0.1, 0.15) is 0 Å². The van der Waals surface area contributed by atoms with E-state index in [-0.39, 0.29) is 5.41 Å². The van der Waals surface area contributed by atoms with Crippen molar-refractivity contribution in [1.82, 2.24) is 10.2 Å². The highest BCUT2D eigenvalue weighted by atomic mass is 15.1. The van der Waals surface area contributed by atoms with Gasteiger partial charge in [-0.3, -0.25) is 0 Å². The maximum absolute atomic E-state index is 3.36. The number of nitrogens with one attached hydrogen (secondary N) is 1. The summed E-state index contributed by atoms with van der Waals surface area (Å²) < 4.78 is 0. The summed E-state index contributed by atoms with van der Waals surface area (Å²) >= 11 is 0. The molecule has 19 heavy (non-hydrogen) atoms. The van der Waals surface area contributed by atoms with E-state index in [1.807, 2.05) is 7.05 Å². The summed E-state index contributed by atoms with van der Waals surface area (Å²) in [6.07, 6.45) is 2.51. The first-order valence-electron chi connectivity index (χ1n) is 7.44. The molecule has 0 amide bonds. The maximum atomic E-state index is 3.36. The van der Waals surface area contributed by atoms with Gasteiger partial charge in [-0.25, -0.2) is 0 Å². The zero-order chi connectivity index (χ0) is 14.3. The van der Waals surface area contributed by atoms with Crippen LogP contribution in [0.2, 0.25) is 0 Å². The second-order valence-electron chi connectivity index (χ2n) is 6.01. The average molecular weight is 262 g/mol. The molecule has 1 aromatic carbocycles. The summed E-state index contributed by atoms with van der Waals surface area (Å²) in [6.45, 7) is 9.02. The lowest BCUT2D eigenvalue weighted by molar-refractivity contribution is 0.193. The lowest BCUT2D eigenvalue weighted by atomic mass is 9.81. The van der Waals surface area contributed by atoms with Crippen LogP contribution in [0.4, 0.5) is 0 Å². The standard InChI is InChI=1S/C17H30N2/c1-6-10-15(2)19(5)14-17(3,13-18-4)16-11-8-7-9-12-16/h7-9,11-12,15,18H,6,10,13-14H2,1-5H3. The quantitative estimate of drug-likeness (QED) is 0.773. The van der Waals surface area contributed by atoms with Crippen LogP contribution in [0, 0.1) is 0 Å². The number of likely N-dealkylation sites (N-methyl/N-ethyl adjacent to an activating group) is 2. The molecule has 0 saturated heterocycles. The van der Waals surface area contributed by atoms with Crippen LogP contribution in [0.25, 0.3) is 0 Å². The van der Waals surface area contributed by atoms with E-state index in [0.29, 0.717) is 6.04 Å². The van der Waals surface area contributed by atoms with E-state index in [1.165, 1.54) is 18.4 Å². The van der Waals surface area contributed by atoms with Crippen molar-refractivity contribution in [1.29, 1.82) is 0 Å². The molecule has 108 valence electrons. The summed E-state index contributed by atoms with van der Waals surface area (Å²) in [6, 6.07) is 11.5. The Morgan fingerprint density at radius 3 is 2.42 bits per heavy atom. The molecule has 0 spiro atoms. The van der Waals surface area contributed by atoms with Gasteiger partial charge in [0.2, 0.25) is 0 Å². The second kappa shape index (κ2) is 7.66. The van der Waals surface area contributed by atoms with Gasteiger partial charge in [0.05, 0.1) is 0 Å². The molecule has 1 N–H and O–H groups in total. The highest BCUT2D eigenvalue weighted by Gasteiger charge is 2.28. The molecule has 0 aromatic heterocycles. The predicted octanol–water partition coefficient (Wildman–Crippen LogP) is 3.28. The van der Waals surface area contributed by atoms with Gasteiger partial charge in [-0.2, -0.15) is 0 Å². The summed E-state index contributed by atoms with van der Waals surface area (Å²) in [5.74, 6) is 0. The summed E-state index contributed by atoms with van der Waals surface area (Å²) in [4.78, 5) is 2.49. The van der Waals surface area contributed by atoms with Crippen molar-refractivity contribution >= 4 is 0 Å². The molecule has 0 aliphatic rings. The van der Waals surface area contributed by atoms with Crippen LogP contribution in [0.3, 0.4) is 0 Å². The molecular weight excluding hydrogens is 232 g/mol. The van der Waals surface area contributed by atoms with Gasteiger partial charge >= 0.3 is 0 Å². The second-order valence-corrected chi connectivity index (χ2v) is 6.01. The highest BCUT2D eigenvalue weighted by Crippen LogP contribution is 2.25. The van der Waals surface area contributed by atoms with Crippen LogP contribution >= 0.6 is 0 Å². The Balaban J connectivity index is 2.82. The first kappa shape index (κ1) is 16.2. The lowest BCUT2D eigenvalue weighted by Crippen LogP contribution is -2.46. The van der Waals surface area contributed by atoms with Crippen molar-refractivity contribution in [2.24, 2.45) is 0 Å². The van der Waals surface area contributed by atoms with E-state index < -0.39 is 0 Å². The molecule has 2 nitrogen and oxygen atoms in total. The molecular formula is C17H30N2. The van der Waals surface area contributed by atoms with E-state index in [0.717, 1.165) is 13.1 Å². The fourth-order valence-electron chi connectivity index (χ4n) is 2.82. The summed E-state index contributed by atoms with van der Waals surface area (Å²) in [5.41, 5.74) is 1.58. The number of benzene rings is 1. The Hall–Kier alpha value is -0.860. The number of hydrogen-bond donors (Lipinski definition) is 1. The molecule has 1 aromatic rings. The third-order valence-electron chi connectivity index (χ3n) is 4.09. The number of nitrogens with zero attached hydrogens (tertiary/aromatic N) is 1. The topological polar surface area (TPSA) is 15.3 Å². The van der Waals surface area contributed by atoms with Crippen molar-refractivity contribution in [3.63, 3.8) is 0 Å². The molecule has 0 aliphatic heterocycles. The molecule has 1 rings (SSSR count). The third-order valence-corrected chi connectivity index (χ3v) is 4.09. The predicted molar refractivity (Wildman–Crippen MR) is 84.7 cm³/mol. The van der Waals surface area contributed by atoms with Gasteiger partial charge in [-0.15, -0.1) is 0 Å². The van der Waals surface area contributed by atoms with Gasteiger partial charge in [0.25, 0.3) is 0 Å². The van der Waals surface area contributed by atoms with Gasteiger partial charge in [0.15, 0.2) is 0 Å². The average Bonchev–Trinajstić information content (AvgIpc) is 2.40. The van der Waals surface area contributed by atoms with Gasteiger partial charge in [-0.05, 0) is 33.0 Å². The van der Waals surface area contributed by atoms with Crippen molar-refractivity contribution in [2.45, 2.75) is 45.1 Å². The Bertz CT molecular complexity index is 350. The molecule has 0 aliphatic carbocycles. The Kier molecular flexibility index (Phi) is 6.53. The van der Waals surface area contributed by atoms with E-state index >= 15 is 0 Å². The van der Waals surface area contributed by atoms with Gasteiger partial charge in [-0.1, -0.05) is 50.6 Å². The van der Waals surface area contributed by atoms with Crippen LogP contribution in [0.5, 0.6) is 0 Å². The zero-order valence-corrected chi connectivity index (χ0v) is 13.2. The molecule has 2 atom stereocenters. The number of hydrogen-bond acceptors (Lipinski definition) is 2. The minimum absolute atomic E-state index is 0.159. The monoisotopic (exact) mass is 262 g/mol. The fraction of sp³-hybridized carbons (Fsp3) is 0.647. The van der Waals surface area contributed by atoms with E-state index in [4.69, 9.17) is 0 Å². The highest BCUT2D eigenvalue weighted by molar-refractivity contribution is 5.25. The molecule has 2 heteroatoms. The minimum atomic E-state index is 0.159. The minimum Gasteiger partial charge on any atom is -0.319 e. The van der Waals surface area contributed by atoms with Crippen LogP contribution in [-0.4, -0.2) is 38.1 Å². The zero-order valence-electron chi connectivity index (χ0n) is 13.2. The van der Waals surface area contributed by atoms with Gasteiger partial charge in [0, 0.05) is 24.5 Å². The van der Waals surface area contributed by atoms with E-state index in [2.05, 4.69) is 68.4 Å². The molecule has 0 fully saturated rings. The molecule has 2 unspecified atom stereocenters. The first-order chi connectivity index (χ1) is 9.03. The van der Waals surface area contributed by atoms with Crippen molar-refractivity contribution < 1.29 is 0 Å². The summed E-state index contributed by atoms with van der Waals surface area (Å²) in [7, 11) is 4.29. The number of rotatable bonds is 8. The van der Waals surface area contributed by atoms with Crippen molar-refractivity contribution in [3.05, 3.63) is 35.9 Å². The van der Waals surface area contributed by atoms with E-state index in [9.17, 15) is 0 Å². The molecule has 0 radical (unpaired) electrons. The summed E-state index contributed by atoms with van der Waals surface area (Å²) in [5, 5.41) is 3.36. The largest absolute Gasteiger partial charge is 0.319 e. The maximum Gasteiger partial charge on any atom is 0.0176 e. The van der Waals surface area contributed by atoms with Crippen LogP contribution in [-0.2, 0) is 5.41 Å². The third kappa shape index (κ3) is 4.63. The molecule has 0 bridgehead atoms. The van der Waals surface area contributed by atoms with Crippen molar-refractivity contribution in [2.75, 3.05) is 27.2 Å². The van der Waals surface area contributed by atoms with Crippen LogP contribution < -0.4 is 5.32 Å². The molecule has 0 saturated carbocycles. The normalized spacial score (nSPS) is 16.3.